The molecule has 18 heavy (non-hydrogen) atoms. The van der Waals surface area contributed by atoms with Crippen LogP contribution >= 0.6 is 0 Å². The number of para-hydroxylation sites is 1. The maximum Gasteiger partial charge on any atom is 0.122 e. The molecule has 0 saturated heterocycles. The van der Waals surface area contributed by atoms with Gasteiger partial charge in [0.2, 0.25) is 0 Å². The SMILES string of the molecule is CCNC(C)(CO)COc1ccccc1C(C)C. The van der Waals surface area contributed by atoms with Crippen LogP contribution in [0.4, 0.5) is 0 Å². The van der Waals surface area contributed by atoms with Gasteiger partial charge in [0.15, 0.2) is 0 Å². The van der Waals surface area contributed by atoms with E-state index in [0.717, 1.165) is 12.3 Å². The molecule has 102 valence electrons. The molecule has 0 amide bonds. The molecule has 0 saturated carbocycles. The number of rotatable bonds is 7. The molecule has 1 unspecified atom stereocenters. The van der Waals surface area contributed by atoms with Gasteiger partial charge in [-0.3, -0.25) is 0 Å². The summed E-state index contributed by atoms with van der Waals surface area (Å²) in [5.41, 5.74) is 0.813. The molecule has 0 bridgehead atoms. The predicted octanol–water partition coefficient (Wildman–Crippen LogP) is 2.55. The van der Waals surface area contributed by atoms with E-state index in [-0.39, 0.29) is 6.61 Å². The highest BCUT2D eigenvalue weighted by Crippen LogP contribution is 2.26. The van der Waals surface area contributed by atoms with Crippen LogP contribution in [0.3, 0.4) is 0 Å². The van der Waals surface area contributed by atoms with Gasteiger partial charge in [-0.15, -0.1) is 0 Å². The second-order valence-corrected chi connectivity index (χ2v) is 5.23. The molecular weight excluding hydrogens is 226 g/mol. The Balaban J connectivity index is 2.73. The normalized spacial score (nSPS) is 14.6. The van der Waals surface area contributed by atoms with Gasteiger partial charge in [-0.2, -0.15) is 0 Å². The van der Waals surface area contributed by atoms with Crippen LogP contribution in [0.25, 0.3) is 0 Å². The van der Waals surface area contributed by atoms with Crippen LogP contribution in [-0.2, 0) is 0 Å². The van der Waals surface area contributed by atoms with E-state index in [0.29, 0.717) is 12.5 Å². The molecule has 0 aliphatic carbocycles. The lowest BCUT2D eigenvalue weighted by Crippen LogP contribution is -2.50. The zero-order valence-electron chi connectivity index (χ0n) is 11.9. The molecule has 0 spiro atoms. The van der Waals surface area contributed by atoms with Crippen molar-refractivity contribution in [2.75, 3.05) is 19.8 Å². The van der Waals surface area contributed by atoms with Gasteiger partial charge in [0.25, 0.3) is 0 Å². The third kappa shape index (κ3) is 4.00. The predicted molar refractivity (Wildman–Crippen MR) is 75.2 cm³/mol. The molecule has 3 nitrogen and oxygen atoms in total. The van der Waals surface area contributed by atoms with E-state index in [2.05, 4.69) is 25.2 Å². The van der Waals surface area contributed by atoms with Crippen molar-refractivity contribution < 1.29 is 9.84 Å². The minimum absolute atomic E-state index is 0.0602. The summed E-state index contributed by atoms with van der Waals surface area (Å²) in [4.78, 5) is 0. The van der Waals surface area contributed by atoms with Gasteiger partial charge >= 0.3 is 0 Å². The quantitative estimate of drug-likeness (QED) is 0.782. The average molecular weight is 251 g/mol. The van der Waals surface area contributed by atoms with Gasteiger partial charge in [0.05, 0.1) is 12.1 Å². The number of hydrogen-bond acceptors (Lipinski definition) is 3. The van der Waals surface area contributed by atoms with Crippen LogP contribution in [-0.4, -0.2) is 30.4 Å². The van der Waals surface area contributed by atoms with Crippen molar-refractivity contribution in [3.63, 3.8) is 0 Å². The molecule has 0 heterocycles. The highest BCUT2D eigenvalue weighted by Gasteiger charge is 2.23. The molecule has 0 aliphatic heterocycles. The minimum atomic E-state index is -0.390. The maximum absolute atomic E-state index is 9.43. The summed E-state index contributed by atoms with van der Waals surface area (Å²) >= 11 is 0. The highest BCUT2D eigenvalue weighted by molar-refractivity contribution is 5.35. The monoisotopic (exact) mass is 251 g/mol. The summed E-state index contributed by atoms with van der Waals surface area (Å²) in [6.07, 6.45) is 0. The van der Waals surface area contributed by atoms with Gasteiger partial charge < -0.3 is 15.2 Å². The third-order valence-corrected chi connectivity index (χ3v) is 3.04. The van der Waals surface area contributed by atoms with Crippen LogP contribution in [0.5, 0.6) is 5.75 Å². The van der Waals surface area contributed by atoms with Crippen molar-refractivity contribution in [3.05, 3.63) is 29.8 Å². The number of aliphatic hydroxyl groups is 1. The number of likely N-dealkylation sites (N-methyl/N-ethyl adjacent to an activating group) is 1. The van der Waals surface area contributed by atoms with Gasteiger partial charge in [-0.05, 0) is 31.0 Å². The molecule has 1 rings (SSSR count). The first-order chi connectivity index (χ1) is 8.52. The zero-order chi connectivity index (χ0) is 13.6. The summed E-state index contributed by atoms with van der Waals surface area (Å²) in [5.74, 6) is 1.34. The smallest absolute Gasteiger partial charge is 0.122 e. The Morgan fingerprint density at radius 3 is 2.56 bits per heavy atom. The van der Waals surface area contributed by atoms with Crippen molar-refractivity contribution in [1.82, 2.24) is 5.32 Å². The molecule has 0 fully saturated rings. The Kier molecular flexibility index (Phi) is 5.63. The average Bonchev–Trinajstić information content (AvgIpc) is 2.37. The van der Waals surface area contributed by atoms with E-state index in [9.17, 15) is 5.11 Å². The van der Waals surface area contributed by atoms with E-state index in [1.54, 1.807) is 0 Å². The van der Waals surface area contributed by atoms with Crippen LogP contribution in [0.1, 0.15) is 39.2 Å². The topological polar surface area (TPSA) is 41.5 Å². The fourth-order valence-corrected chi connectivity index (χ4v) is 1.91. The Labute approximate surface area is 110 Å². The molecule has 3 heteroatoms. The lowest BCUT2D eigenvalue weighted by atomic mass is 10.0. The van der Waals surface area contributed by atoms with E-state index >= 15 is 0 Å². The molecular formula is C15H25NO2. The summed E-state index contributed by atoms with van der Waals surface area (Å²) in [6, 6.07) is 8.07. The summed E-state index contributed by atoms with van der Waals surface area (Å²) in [7, 11) is 0. The Hall–Kier alpha value is -1.06. The van der Waals surface area contributed by atoms with Crippen LogP contribution in [0.2, 0.25) is 0 Å². The number of nitrogens with one attached hydrogen (secondary N) is 1. The first-order valence-electron chi connectivity index (χ1n) is 6.60. The van der Waals surface area contributed by atoms with Crippen molar-refractivity contribution in [3.8, 4) is 5.75 Å². The van der Waals surface area contributed by atoms with Crippen LogP contribution < -0.4 is 10.1 Å². The van der Waals surface area contributed by atoms with Gasteiger partial charge in [-0.25, -0.2) is 0 Å². The summed E-state index contributed by atoms with van der Waals surface area (Å²) < 4.78 is 5.88. The van der Waals surface area contributed by atoms with Gasteiger partial charge in [0.1, 0.15) is 12.4 Å². The first kappa shape index (κ1) is 15.0. The minimum Gasteiger partial charge on any atom is -0.491 e. The van der Waals surface area contributed by atoms with E-state index < -0.39 is 5.54 Å². The maximum atomic E-state index is 9.43. The van der Waals surface area contributed by atoms with Crippen molar-refractivity contribution in [1.29, 1.82) is 0 Å². The number of benzene rings is 1. The van der Waals surface area contributed by atoms with Crippen molar-refractivity contribution in [2.24, 2.45) is 0 Å². The number of hydrogen-bond donors (Lipinski definition) is 2. The van der Waals surface area contributed by atoms with Gasteiger partial charge in [-0.1, -0.05) is 39.0 Å². The van der Waals surface area contributed by atoms with E-state index in [1.165, 1.54) is 5.56 Å². The second-order valence-electron chi connectivity index (χ2n) is 5.23. The van der Waals surface area contributed by atoms with E-state index in [1.807, 2.05) is 32.0 Å². The molecule has 2 N–H and O–H groups in total. The lowest BCUT2D eigenvalue weighted by Gasteiger charge is -2.29. The fraction of sp³-hybridized carbons (Fsp3) is 0.600. The summed E-state index contributed by atoms with van der Waals surface area (Å²) in [5, 5.41) is 12.7. The molecule has 0 aromatic heterocycles. The van der Waals surface area contributed by atoms with Crippen molar-refractivity contribution >= 4 is 0 Å². The Morgan fingerprint density at radius 2 is 2.00 bits per heavy atom. The van der Waals surface area contributed by atoms with E-state index in [4.69, 9.17) is 4.74 Å². The highest BCUT2D eigenvalue weighted by atomic mass is 16.5. The third-order valence-electron chi connectivity index (χ3n) is 3.04. The first-order valence-corrected chi connectivity index (χ1v) is 6.60. The standard InChI is InChI=1S/C15H25NO2/c1-5-16-15(4,10-17)11-18-14-9-7-6-8-13(14)12(2)3/h6-9,12,16-17H,5,10-11H2,1-4H3. The molecule has 0 radical (unpaired) electrons. The Morgan fingerprint density at radius 1 is 1.33 bits per heavy atom. The fourth-order valence-electron chi connectivity index (χ4n) is 1.91. The molecule has 1 atom stereocenters. The summed E-state index contributed by atoms with van der Waals surface area (Å²) in [6.45, 7) is 9.62. The Bertz CT molecular complexity index is 365. The van der Waals surface area contributed by atoms with Gasteiger partial charge in [0, 0.05) is 0 Å². The largest absolute Gasteiger partial charge is 0.491 e. The molecule has 1 aromatic rings. The van der Waals surface area contributed by atoms with Crippen LogP contribution in [0.15, 0.2) is 24.3 Å². The van der Waals surface area contributed by atoms with Crippen molar-refractivity contribution in [2.45, 2.75) is 39.2 Å². The number of ether oxygens (including phenoxy) is 1. The lowest BCUT2D eigenvalue weighted by molar-refractivity contribution is 0.117. The second kappa shape index (κ2) is 6.76. The number of aliphatic hydroxyl groups excluding tert-OH is 1. The molecule has 1 aromatic carbocycles. The van der Waals surface area contributed by atoms with Crippen LogP contribution in [0, 0.1) is 0 Å². The molecule has 0 aliphatic rings. The zero-order valence-corrected chi connectivity index (χ0v) is 11.9.